The van der Waals surface area contributed by atoms with Gasteiger partial charge < -0.3 is 4.74 Å². The van der Waals surface area contributed by atoms with Gasteiger partial charge in [0.2, 0.25) is 0 Å². The lowest BCUT2D eigenvalue weighted by Crippen LogP contribution is -2.42. The molecule has 18 heavy (non-hydrogen) atoms. The largest absolute Gasteiger partial charge is 0.466 e. The summed E-state index contributed by atoms with van der Waals surface area (Å²) in [6.45, 7) is 5.66. The second kappa shape index (κ2) is 8.25. The maximum atomic E-state index is 11.8. The smallest absolute Gasteiger partial charge is 0.313 e. The Hall–Kier alpha value is -0.900. The number of esters is 1. The molecule has 0 bridgehead atoms. The molecule has 1 saturated heterocycles. The van der Waals surface area contributed by atoms with Gasteiger partial charge in [0.15, 0.2) is 5.78 Å². The van der Waals surface area contributed by atoms with Crippen molar-refractivity contribution in [3.05, 3.63) is 0 Å². The van der Waals surface area contributed by atoms with Crippen LogP contribution in [0, 0.1) is 0 Å². The van der Waals surface area contributed by atoms with E-state index in [1.54, 1.807) is 6.92 Å². The van der Waals surface area contributed by atoms with Crippen molar-refractivity contribution in [1.29, 1.82) is 0 Å². The number of hydrogen-bond donors (Lipinski definition) is 0. The van der Waals surface area contributed by atoms with Crippen LogP contribution in [-0.4, -0.2) is 42.4 Å². The van der Waals surface area contributed by atoms with E-state index in [1.165, 1.54) is 12.8 Å². The summed E-state index contributed by atoms with van der Waals surface area (Å²) in [6, 6.07) is 0.523. The molecule has 0 radical (unpaired) electrons. The molecule has 1 aliphatic rings. The van der Waals surface area contributed by atoms with Gasteiger partial charge in [-0.1, -0.05) is 19.8 Å². The van der Waals surface area contributed by atoms with Crippen LogP contribution in [0.3, 0.4) is 0 Å². The first-order valence-electron chi connectivity index (χ1n) is 7.08. The number of carbonyl (C=O) groups is 2. The van der Waals surface area contributed by atoms with E-state index in [0.29, 0.717) is 19.2 Å². The van der Waals surface area contributed by atoms with Gasteiger partial charge in [0.05, 0.1) is 13.2 Å². The number of hydrogen-bond acceptors (Lipinski definition) is 4. The van der Waals surface area contributed by atoms with Gasteiger partial charge in [-0.05, 0) is 32.7 Å². The summed E-state index contributed by atoms with van der Waals surface area (Å²) < 4.78 is 4.80. The summed E-state index contributed by atoms with van der Waals surface area (Å²) in [4.78, 5) is 25.3. The number of piperidine rings is 1. The number of ketones is 1. The van der Waals surface area contributed by atoms with Gasteiger partial charge in [-0.2, -0.15) is 0 Å². The van der Waals surface area contributed by atoms with Crippen molar-refractivity contribution >= 4 is 11.8 Å². The minimum atomic E-state index is -0.397. The first-order chi connectivity index (χ1) is 8.67. The normalized spacial score (nSPS) is 20.7. The molecular weight excluding hydrogens is 230 g/mol. The van der Waals surface area contributed by atoms with E-state index in [9.17, 15) is 9.59 Å². The van der Waals surface area contributed by atoms with Crippen molar-refractivity contribution in [2.45, 2.75) is 58.4 Å². The van der Waals surface area contributed by atoms with E-state index in [1.807, 2.05) is 0 Å². The number of carbonyl (C=O) groups excluding carboxylic acids is 2. The minimum absolute atomic E-state index is 0.0172. The standard InChI is InChI=1S/C14H25NO3/c1-3-7-12-8-5-6-9-15(12)11-13(16)10-14(17)18-4-2/h12H,3-11H2,1-2H3. The van der Waals surface area contributed by atoms with E-state index < -0.39 is 5.97 Å². The van der Waals surface area contributed by atoms with Crippen molar-refractivity contribution in [3.63, 3.8) is 0 Å². The first-order valence-corrected chi connectivity index (χ1v) is 7.08. The van der Waals surface area contributed by atoms with Crippen LogP contribution >= 0.6 is 0 Å². The lowest BCUT2D eigenvalue weighted by molar-refractivity contribution is -0.145. The van der Waals surface area contributed by atoms with Gasteiger partial charge in [0, 0.05) is 6.04 Å². The number of likely N-dealkylation sites (tertiary alicyclic amines) is 1. The molecule has 104 valence electrons. The topological polar surface area (TPSA) is 46.6 Å². The quantitative estimate of drug-likeness (QED) is 0.516. The Bertz CT molecular complexity index is 276. The molecule has 0 amide bonds. The zero-order valence-electron chi connectivity index (χ0n) is 11.6. The fourth-order valence-corrected chi connectivity index (χ4v) is 2.58. The predicted octanol–water partition coefficient (Wildman–Crippen LogP) is 2.16. The van der Waals surface area contributed by atoms with Crippen LogP contribution in [0.15, 0.2) is 0 Å². The Labute approximate surface area is 110 Å². The lowest BCUT2D eigenvalue weighted by Gasteiger charge is -2.35. The Balaban J connectivity index is 2.38. The average molecular weight is 255 g/mol. The van der Waals surface area contributed by atoms with Gasteiger partial charge in [-0.3, -0.25) is 14.5 Å². The van der Waals surface area contributed by atoms with Crippen LogP contribution in [0.2, 0.25) is 0 Å². The molecule has 0 aromatic rings. The summed E-state index contributed by atoms with van der Waals surface area (Å²) in [7, 11) is 0. The Morgan fingerprint density at radius 3 is 2.72 bits per heavy atom. The molecule has 0 spiro atoms. The molecule has 4 heteroatoms. The predicted molar refractivity (Wildman–Crippen MR) is 70.4 cm³/mol. The SMILES string of the molecule is CCCC1CCCCN1CC(=O)CC(=O)OCC. The first kappa shape index (κ1) is 15.2. The summed E-state index contributed by atoms with van der Waals surface area (Å²) >= 11 is 0. The van der Waals surface area contributed by atoms with E-state index in [2.05, 4.69) is 11.8 Å². The molecule has 1 atom stereocenters. The Morgan fingerprint density at radius 1 is 1.28 bits per heavy atom. The fourth-order valence-electron chi connectivity index (χ4n) is 2.58. The zero-order chi connectivity index (χ0) is 13.4. The number of rotatable bonds is 7. The maximum Gasteiger partial charge on any atom is 0.313 e. The van der Waals surface area contributed by atoms with E-state index >= 15 is 0 Å². The molecule has 1 heterocycles. The number of Topliss-reactive ketones (excluding diaryl/α,β-unsaturated/α-hetero) is 1. The van der Waals surface area contributed by atoms with Gasteiger partial charge in [-0.15, -0.1) is 0 Å². The van der Waals surface area contributed by atoms with E-state index in [-0.39, 0.29) is 12.2 Å². The highest BCUT2D eigenvalue weighted by Crippen LogP contribution is 2.20. The third kappa shape index (κ3) is 5.17. The Morgan fingerprint density at radius 2 is 2.06 bits per heavy atom. The maximum absolute atomic E-state index is 11.8. The van der Waals surface area contributed by atoms with Crippen LogP contribution < -0.4 is 0 Å². The van der Waals surface area contributed by atoms with Crippen LogP contribution in [0.5, 0.6) is 0 Å². The highest BCUT2D eigenvalue weighted by atomic mass is 16.5. The van der Waals surface area contributed by atoms with Gasteiger partial charge >= 0.3 is 5.97 Å². The van der Waals surface area contributed by atoms with Crippen LogP contribution in [0.4, 0.5) is 0 Å². The summed E-state index contributed by atoms with van der Waals surface area (Å²) in [5, 5.41) is 0. The molecule has 1 rings (SSSR count). The molecule has 0 aliphatic carbocycles. The van der Waals surface area contributed by atoms with Crippen molar-refractivity contribution in [2.24, 2.45) is 0 Å². The molecule has 0 saturated carbocycles. The van der Waals surface area contributed by atoms with Crippen LogP contribution in [0.1, 0.15) is 52.4 Å². The van der Waals surface area contributed by atoms with Gasteiger partial charge in [0.25, 0.3) is 0 Å². The second-order valence-corrected chi connectivity index (χ2v) is 4.93. The Kier molecular flexibility index (Phi) is 6.94. The van der Waals surface area contributed by atoms with Crippen molar-refractivity contribution in [1.82, 2.24) is 4.90 Å². The number of ether oxygens (including phenoxy) is 1. The van der Waals surface area contributed by atoms with E-state index in [4.69, 9.17) is 4.74 Å². The molecular formula is C14H25NO3. The van der Waals surface area contributed by atoms with Crippen LogP contribution in [-0.2, 0) is 14.3 Å². The van der Waals surface area contributed by atoms with Gasteiger partial charge in [0.1, 0.15) is 6.42 Å². The third-order valence-electron chi connectivity index (χ3n) is 3.40. The molecule has 0 aromatic carbocycles. The van der Waals surface area contributed by atoms with Crippen molar-refractivity contribution < 1.29 is 14.3 Å². The molecule has 0 aromatic heterocycles. The highest BCUT2D eigenvalue weighted by Gasteiger charge is 2.24. The lowest BCUT2D eigenvalue weighted by atomic mass is 9.98. The summed E-state index contributed by atoms with van der Waals surface area (Å²) in [5.41, 5.74) is 0. The fraction of sp³-hybridized carbons (Fsp3) is 0.857. The molecule has 1 fully saturated rings. The molecule has 1 aliphatic heterocycles. The molecule has 0 N–H and O–H groups in total. The molecule has 4 nitrogen and oxygen atoms in total. The van der Waals surface area contributed by atoms with Crippen LogP contribution in [0.25, 0.3) is 0 Å². The summed E-state index contributed by atoms with van der Waals surface area (Å²) in [5.74, 6) is -0.414. The molecule has 1 unspecified atom stereocenters. The second-order valence-electron chi connectivity index (χ2n) is 4.93. The average Bonchev–Trinajstić information content (AvgIpc) is 2.32. The number of nitrogens with zero attached hydrogens (tertiary/aromatic N) is 1. The summed E-state index contributed by atoms with van der Waals surface area (Å²) in [6.07, 6.45) is 5.81. The zero-order valence-corrected chi connectivity index (χ0v) is 11.6. The monoisotopic (exact) mass is 255 g/mol. The highest BCUT2D eigenvalue weighted by molar-refractivity contribution is 5.96. The van der Waals surface area contributed by atoms with Crippen molar-refractivity contribution in [2.75, 3.05) is 19.7 Å². The third-order valence-corrected chi connectivity index (χ3v) is 3.40. The minimum Gasteiger partial charge on any atom is -0.466 e. The van der Waals surface area contributed by atoms with Gasteiger partial charge in [-0.25, -0.2) is 0 Å². The van der Waals surface area contributed by atoms with E-state index in [0.717, 1.165) is 25.8 Å². The van der Waals surface area contributed by atoms with Crippen molar-refractivity contribution in [3.8, 4) is 0 Å².